The zero-order valence-corrected chi connectivity index (χ0v) is 13.4. The highest BCUT2D eigenvalue weighted by molar-refractivity contribution is 7.81. The maximum Gasteiger partial charge on any atom is 0.0708 e. The maximum atomic E-state index is 4.70. The summed E-state index contributed by atoms with van der Waals surface area (Å²) < 4.78 is 1.24. The SMILES string of the molecule is Sc1c(C=Nc2cccc3ccccc23)sc2ccccc12. The third-order valence-electron chi connectivity index (χ3n) is 3.68. The summed E-state index contributed by atoms with van der Waals surface area (Å²) in [5.41, 5.74) is 0.989. The molecular weight excluding hydrogens is 306 g/mol. The minimum absolute atomic E-state index is 0.989. The smallest absolute Gasteiger partial charge is 0.0708 e. The quantitative estimate of drug-likeness (QED) is 0.339. The topological polar surface area (TPSA) is 12.4 Å². The lowest BCUT2D eigenvalue weighted by molar-refractivity contribution is 1.56. The van der Waals surface area contributed by atoms with Crippen LogP contribution in [-0.2, 0) is 0 Å². The Bertz CT molecular complexity index is 993. The third-order valence-corrected chi connectivity index (χ3v) is 5.42. The van der Waals surface area contributed by atoms with Crippen LogP contribution in [0.4, 0.5) is 5.69 Å². The van der Waals surface area contributed by atoms with Gasteiger partial charge < -0.3 is 0 Å². The molecular formula is C19H13NS2. The molecule has 106 valence electrons. The molecule has 0 saturated heterocycles. The summed E-state index contributed by atoms with van der Waals surface area (Å²) in [7, 11) is 0. The zero-order chi connectivity index (χ0) is 14.9. The largest absolute Gasteiger partial charge is 0.255 e. The fourth-order valence-electron chi connectivity index (χ4n) is 2.59. The molecule has 3 heteroatoms. The number of aliphatic imine (C=N–C) groups is 1. The van der Waals surface area contributed by atoms with Crippen molar-refractivity contribution in [2.45, 2.75) is 4.90 Å². The second-order valence-corrected chi connectivity index (χ2v) is 6.60. The van der Waals surface area contributed by atoms with Crippen molar-refractivity contribution in [3.8, 4) is 0 Å². The molecule has 0 aliphatic rings. The molecule has 4 rings (SSSR count). The van der Waals surface area contributed by atoms with Crippen LogP contribution in [0.1, 0.15) is 4.88 Å². The Morgan fingerprint density at radius 2 is 1.55 bits per heavy atom. The van der Waals surface area contributed by atoms with Gasteiger partial charge in [0.25, 0.3) is 0 Å². The van der Waals surface area contributed by atoms with Crippen molar-refractivity contribution in [1.29, 1.82) is 0 Å². The van der Waals surface area contributed by atoms with Crippen LogP contribution in [-0.4, -0.2) is 6.21 Å². The molecule has 3 aromatic carbocycles. The lowest BCUT2D eigenvalue weighted by Crippen LogP contribution is -1.77. The molecule has 0 bridgehead atoms. The van der Waals surface area contributed by atoms with Gasteiger partial charge in [-0.25, -0.2) is 0 Å². The molecule has 0 saturated carbocycles. The monoisotopic (exact) mass is 319 g/mol. The van der Waals surface area contributed by atoms with Crippen LogP contribution >= 0.6 is 24.0 Å². The Labute approximate surface area is 138 Å². The minimum Gasteiger partial charge on any atom is -0.255 e. The minimum atomic E-state index is 0.989. The molecule has 0 unspecified atom stereocenters. The molecule has 0 amide bonds. The molecule has 1 heterocycles. The molecule has 0 spiro atoms. The number of thiophene rings is 1. The van der Waals surface area contributed by atoms with E-state index in [4.69, 9.17) is 4.99 Å². The van der Waals surface area contributed by atoms with E-state index in [0.29, 0.717) is 0 Å². The molecule has 0 fully saturated rings. The average molecular weight is 319 g/mol. The van der Waals surface area contributed by atoms with Gasteiger partial charge in [0.2, 0.25) is 0 Å². The maximum absolute atomic E-state index is 4.70. The second kappa shape index (κ2) is 5.59. The summed E-state index contributed by atoms with van der Waals surface area (Å²) in [6, 6.07) is 22.8. The highest BCUT2D eigenvalue weighted by Gasteiger charge is 2.06. The molecule has 22 heavy (non-hydrogen) atoms. The number of nitrogens with zero attached hydrogens (tertiary/aromatic N) is 1. The highest BCUT2D eigenvalue weighted by Crippen LogP contribution is 2.33. The molecule has 0 radical (unpaired) electrons. The first kappa shape index (κ1) is 13.6. The Morgan fingerprint density at radius 1 is 0.818 bits per heavy atom. The average Bonchev–Trinajstić information content (AvgIpc) is 2.89. The van der Waals surface area contributed by atoms with Gasteiger partial charge in [-0.3, -0.25) is 4.99 Å². The van der Waals surface area contributed by atoms with Crippen molar-refractivity contribution in [3.05, 3.63) is 71.6 Å². The van der Waals surface area contributed by atoms with Crippen molar-refractivity contribution in [3.63, 3.8) is 0 Å². The molecule has 4 aromatic rings. The molecule has 1 nitrogen and oxygen atoms in total. The number of rotatable bonds is 2. The van der Waals surface area contributed by atoms with E-state index in [9.17, 15) is 0 Å². The van der Waals surface area contributed by atoms with E-state index >= 15 is 0 Å². The molecule has 0 N–H and O–H groups in total. The first-order chi connectivity index (χ1) is 10.8. The first-order valence-corrected chi connectivity index (χ1v) is 8.31. The van der Waals surface area contributed by atoms with Crippen LogP contribution in [0.25, 0.3) is 20.9 Å². The number of benzene rings is 3. The summed E-state index contributed by atoms with van der Waals surface area (Å²) in [5, 5.41) is 3.57. The standard InChI is InChI=1S/C19H13NS2/c21-19-15-9-3-4-11-17(15)22-18(19)12-20-16-10-5-7-13-6-1-2-8-14(13)16/h1-12,21H. The van der Waals surface area contributed by atoms with E-state index in [-0.39, 0.29) is 0 Å². The second-order valence-electron chi connectivity index (χ2n) is 5.07. The summed E-state index contributed by atoms with van der Waals surface area (Å²) in [5.74, 6) is 0. The highest BCUT2D eigenvalue weighted by atomic mass is 32.1. The lowest BCUT2D eigenvalue weighted by Gasteiger charge is -2.00. The van der Waals surface area contributed by atoms with Gasteiger partial charge in [0.15, 0.2) is 0 Å². The van der Waals surface area contributed by atoms with E-state index in [1.807, 2.05) is 36.5 Å². The Morgan fingerprint density at radius 3 is 2.41 bits per heavy atom. The van der Waals surface area contributed by atoms with Crippen molar-refractivity contribution in [2.24, 2.45) is 4.99 Å². The number of hydrogen-bond donors (Lipinski definition) is 1. The van der Waals surface area contributed by atoms with E-state index in [0.717, 1.165) is 15.5 Å². The Kier molecular flexibility index (Phi) is 3.45. The van der Waals surface area contributed by atoms with Gasteiger partial charge in [-0.1, -0.05) is 54.6 Å². The van der Waals surface area contributed by atoms with Crippen LogP contribution in [0.15, 0.2) is 76.6 Å². The third kappa shape index (κ3) is 2.32. The van der Waals surface area contributed by atoms with E-state index in [1.165, 1.54) is 20.9 Å². The van der Waals surface area contributed by atoms with Crippen LogP contribution < -0.4 is 0 Å². The van der Waals surface area contributed by atoms with Gasteiger partial charge in [-0.15, -0.1) is 24.0 Å². The lowest BCUT2D eigenvalue weighted by atomic mass is 10.1. The summed E-state index contributed by atoms with van der Waals surface area (Å²) in [4.78, 5) is 6.80. The number of fused-ring (bicyclic) bond motifs is 2. The van der Waals surface area contributed by atoms with Gasteiger partial charge in [-0.05, 0) is 17.5 Å². The van der Waals surface area contributed by atoms with Crippen LogP contribution in [0.5, 0.6) is 0 Å². The van der Waals surface area contributed by atoms with Crippen LogP contribution in [0.2, 0.25) is 0 Å². The fraction of sp³-hybridized carbons (Fsp3) is 0. The number of hydrogen-bond acceptors (Lipinski definition) is 3. The van der Waals surface area contributed by atoms with Crippen molar-refractivity contribution < 1.29 is 0 Å². The van der Waals surface area contributed by atoms with Crippen LogP contribution in [0, 0.1) is 0 Å². The normalized spacial score (nSPS) is 11.7. The van der Waals surface area contributed by atoms with Gasteiger partial charge in [0.1, 0.15) is 0 Å². The van der Waals surface area contributed by atoms with Gasteiger partial charge in [0, 0.05) is 26.6 Å². The summed E-state index contributed by atoms with van der Waals surface area (Å²) >= 11 is 6.38. The number of thiol groups is 1. The van der Waals surface area contributed by atoms with E-state index in [1.54, 1.807) is 11.3 Å². The Hall–Kier alpha value is -2.10. The predicted octanol–water partition coefficient (Wildman–Crippen LogP) is 6.09. The van der Waals surface area contributed by atoms with Crippen molar-refractivity contribution >= 4 is 56.7 Å². The molecule has 0 atom stereocenters. The van der Waals surface area contributed by atoms with Gasteiger partial charge in [-0.2, -0.15) is 0 Å². The summed E-state index contributed by atoms with van der Waals surface area (Å²) in [6.45, 7) is 0. The predicted molar refractivity (Wildman–Crippen MR) is 100 cm³/mol. The molecule has 0 aliphatic heterocycles. The molecule has 0 aliphatic carbocycles. The Balaban J connectivity index is 1.81. The summed E-state index contributed by atoms with van der Waals surface area (Å²) in [6.07, 6.45) is 1.93. The fourth-order valence-corrected chi connectivity index (χ4v) is 4.03. The van der Waals surface area contributed by atoms with Crippen molar-refractivity contribution in [1.82, 2.24) is 0 Å². The van der Waals surface area contributed by atoms with E-state index in [2.05, 4.69) is 49.0 Å². The molecule has 1 aromatic heterocycles. The van der Waals surface area contributed by atoms with Gasteiger partial charge in [0.05, 0.1) is 10.6 Å². The van der Waals surface area contributed by atoms with Gasteiger partial charge >= 0.3 is 0 Å². The van der Waals surface area contributed by atoms with E-state index < -0.39 is 0 Å². The van der Waals surface area contributed by atoms with Crippen LogP contribution in [0.3, 0.4) is 0 Å². The zero-order valence-electron chi connectivity index (χ0n) is 11.7. The van der Waals surface area contributed by atoms with Crippen molar-refractivity contribution in [2.75, 3.05) is 0 Å². The first-order valence-electron chi connectivity index (χ1n) is 7.05.